The van der Waals surface area contributed by atoms with Crippen LogP contribution < -0.4 is 5.73 Å². The second-order valence-electron chi connectivity index (χ2n) is 2.78. The summed E-state index contributed by atoms with van der Waals surface area (Å²) in [6.45, 7) is 1.41. The Kier molecular flexibility index (Phi) is 3.68. The summed E-state index contributed by atoms with van der Waals surface area (Å²) in [6.07, 6.45) is -1.97. The van der Waals surface area contributed by atoms with E-state index in [1.54, 1.807) is 30.3 Å². The van der Waals surface area contributed by atoms with Crippen molar-refractivity contribution in [1.82, 2.24) is 0 Å². The van der Waals surface area contributed by atoms with Gasteiger partial charge in [-0.2, -0.15) is 0 Å². The van der Waals surface area contributed by atoms with Crippen molar-refractivity contribution in [1.29, 1.82) is 0 Å². The second-order valence-corrected chi connectivity index (χ2v) is 2.78. The molecule has 0 heterocycles. The molecule has 0 saturated carbocycles. The van der Waals surface area contributed by atoms with Crippen LogP contribution in [0.2, 0.25) is 0 Å². The lowest BCUT2D eigenvalue weighted by molar-refractivity contribution is -0.0575. The van der Waals surface area contributed by atoms with Crippen LogP contribution in [-0.4, -0.2) is 18.4 Å². The molecule has 1 aromatic rings. The van der Waals surface area contributed by atoms with Gasteiger partial charge in [-0.05, 0) is 12.1 Å². The number of ether oxygens (including phenoxy) is 2. The fourth-order valence-electron chi connectivity index (χ4n) is 0.981. The zero-order valence-corrected chi connectivity index (χ0v) is 8.17. The van der Waals surface area contributed by atoms with Crippen LogP contribution in [0.5, 0.6) is 0 Å². The zero-order chi connectivity index (χ0) is 11.3. The Balaban J connectivity index is 2.53. The van der Waals surface area contributed by atoms with E-state index in [0.29, 0.717) is 5.56 Å². The Morgan fingerprint density at radius 1 is 1.20 bits per heavy atom. The molecule has 1 amide bonds. The minimum atomic E-state index is -0.991. The molecule has 0 spiro atoms. The Labute approximate surface area is 86.8 Å². The van der Waals surface area contributed by atoms with Gasteiger partial charge in [-0.3, -0.25) is 0 Å². The van der Waals surface area contributed by atoms with E-state index in [2.05, 4.69) is 4.74 Å². The number of amides is 1. The van der Waals surface area contributed by atoms with Gasteiger partial charge in [0.25, 0.3) is 0 Å². The summed E-state index contributed by atoms with van der Waals surface area (Å²) >= 11 is 0. The maximum Gasteiger partial charge on any atom is 0.407 e. The van der Waals surface area contributed by atoms with E-state index in [4.69, 9.17) is 10.5 Å². The van der Waals surface area contributed by atoms with Crippen molar-refractivity contribution in [3.8, 4) is 0 Å². The normalized spacial score (nSPS) is 11.5. The largest absolute Gasteiger partial charge is 0.422 e. The van der Waals surface area contributed by atoms with Gasteiger partial charge in [0.15, 0.2) is 0 Å². The van der Waals surface area contributed by atoms with Crippen molar-refractivity contribution < 1.29 is 19.1 Å². The van der Waals surface area contributed by atoms with E-state index in [1.165, 1.54) is 6.92 Å². The Morgan fingerprint density at radius 2 is 1.80 bits per heavy atom. The SMILES string of the molecule is CC(OC(N)=O)OC(=O)c1ccccc1. The first kappa shape index (κ1) is 11.0. The van der Waals surface area contributed by atoms with Crippen LogP contribution in [0.15, 0.2) is 30.3 Å². The number of primary amides is 1. The lowest BCUT2D eigenvalue weighted by atomic mass is 10.2. The highest BCUT2D eigenvalue weighted by Crippen LogP contribution is 2.04. The lowest BCUT2D eigenvalue weighted by Gasteiger charge is -2.12. The van der Waals surface area contributed by atoms with Crippen molar-refractivity contribution >= 4 is 12.1 Å². The van der Waals surface area contributed by atoms with Crippen molar-refractivity contribution in [2.24, 2.45) is 5.73 Å². The first-order valence-electron chi connectivity index (χ1n) is 4.31. The standard InChI is InChI=1S/C10H11NO4/c1-7(15-10(11)13)14-9(12)8-5-3-2-4-6-8/h2-7H,1H3,(H2,11,13). The van der Waals surface area contributed by atoms with Gasteiger partial charge in [0.1, 0.15) is 0 Å². The Morgan fingerprint density at radius 3 is 2.33 bits per heavy atom. The third kappa shape index (κ3) is 3.68. The lowest BCUT2D eigenvalue weighted by Crippen LogP contribution is -2.25. The number of nitrogens with two attached hydrogens (primary N) is 1. The highest BCUT2D eigenvalue weighted by molar-refractivity contribution is 5.89. The highest BCUT2D eigenvalue weighted by atomic mass is 16.7. The van der Waals surface area contributed by atoms with Crippen molar-refractivity contribution in [2.45, 2.75) is 13.2 Å². The summed E-state index contributed by atoms with van der Waals surface area (Å²) in [4.78, 5) is 21.7. The molecule has 1 unspecified atom stereocenters. The molecule has 0 aliphatic rings. The molecule has 0 radical (unpaired) electrons. The second kappa shape index (κ2) is 4.99. The van der Waals surface area contributed by atoms with Gasteiger partial charge in [-0.15, -0.1) is 0 Å². The van der Waals surface area contributed by atoms with Gasteiger partial charge < -0.3 is 15.2 Å². The summed E-state index contributed by atoms with van der Waals surface area (Å²) in [6, 6.07) is 8.38. The minimum Gasteiger partial charge on any atom is -0.422 e. The molecule has 0 bridgehead atoms. The van der Waals surface area contributed by atoms with E-state index < -0.39 is 18.4 Å². The number of carbonyl (C=O) groups is 2. The number of hydrogen-bond donors (Lipinski definition) is 1. The quantitative estimate of drug-likeness (QED) is 0.600. The molecule has 0 fully saturated rings. The van der Waals surface area contributed by atoms with Gasteiger partial charge in [0.05, 0.1) is 5.56 Å². The molecular weight excluding hydrogens is 198 g/mol. The average molecular weight is 209 g/mol. The summed E-state index contributed by atoms with van der Waals surface area (Å²) in [5, 5.41) is 0. The number of benzene rings is 1. The molecule has 0 aromatic heterocycles. The van der Waals surface area contributed by atoms with E-state index in [9.17, 15) is 9.59 Å². The number of carbonyl (C=O) groups excluding carboxylic acids is 2. The fraction of sp³-hybridized carbons (Fsp3) is 0.200. The van der Waals surface area contributed by atoms with Crippen LogP contribution >= 0.6 is 0 Å². The van der Waals surface area contributed by atoms with Gasteiger partial charge in [-0.25, -0.2) is 9.59 Å². The van der Waals surface area contributed by atoms with Gasteiger partial charge in [-0.1, -0.05) is 18.2 Å². The fourth-order valence-corrected chi connectivity index (χ4v) is 0.981. The minimum absolute atomic E-state index is 0.387. The monoisotopic (exact) mass is 209 g/mol. The van der Waals surface area contributed by atoms with E-state index in [1.807, 2.05) is 0 Å². The number of esters is 1. The summed E-state index contributed by atoms with van der Waals surface area (Å²) < 4.78 is 9.22. The predicted octanol–water partition coefficient (Wildman–Crippen LogP) is 1.28. The topological polar surface area (TPSA) is 78.6 Å². The van der Waals surface area contributed by atoms with Gasteiger partial charge >= 0.3 is 12.1 Å². The van der Waals surface area contributed by atoms with Crippen molar-refractivity contribution in [2.75, 3.05) is 0 Å². The van der Waals surface area contributed by atoms with Crippen molar-refractivity contribution in [3.63, 3.8) is 0 Å². The first-order valence-corrected chi connectivity index (χ1v) is 4.31. The zero-order valence-electron chi connectivity index (χ0n) is 8.17. The first-order chi connectivity index (χ1) is 7.09. The predicted molar refractivity (Wildman–Crippen MR) is 52.0 cm³/mol. The van der Waals surface area contributed by atoms with E-state index in [0.717, 1.165) is 0 Å². The van der Waals surface area contributed by atoms with Crippen LogP contribution in [0.3, 0.4) is 0 Å². The number of hydrogen-bond acceptors (Lipinski definition) is 4. The maximum atomic E-state index is 11.4. The van der Waals surface area contributed by atoms with Gasteiger partial charge in [0.2, 0.25) is 6.29 Å². The molecule has 5 nitrogen and oxygen atoms in total. The average Bonchev–Trinajstić information content (AvgIpc) is 2.17. The molecule has 2 N–H and O–H groups in total. The molecule has 1 atom stereocenters. The molecular formula is C10H11NO4. The van der Waals surface area contributed by atoms with Crippen LogP contribution in [0.1, 0.15) is 17.3 Å². The smallest absolute Gasteiger partial charge is 0.407 e. The molecule has 1 aromatic carbocycles. The third-order valence-electron chi connectivity index (χ3n) is 1.56. The van der Waals surface area contributed by atoms with Crippen LogP contribution in [0.25, 0.3) is 0 Å². The van der Waals surface area contributed by atoms with Gasteiger partial charge in [0, 0.05) is 6.92 Å². The molecule has 0 aliphatic heterocycles. The Hall–Kier alpha value is -2.04. The number of rotatable bonds is 3. The van der Waals surface area contributed by atoms with Crippen LogP contribution in [0, 0.1) is 0 Å². The van der Waals surface area contributed by atoms with Crippen LogP contribution in [0.4, 0.5) is 4.79 Å². The van der Waals surface area contributed by atoms with Crippen LogP contribution in [-0.2, 0) is 9.47 Å². The Bertz CT molecular complexity index is 350. The summed E-state index contributed by atoms with van der Waals surface area (Å²) in [7, 11) is 0. The summed E-state index contributed by atoms with van der Waals surface area (Å²) in [5.41, 5.74) is 5.14. The molecule has 15 heavy (non-hydrogen) atoms. The van der Waals surface area contributed by atoms with Crippen molar-refractivity contribution in [3.05, 3.63) is 35.9 Å². The highest BCUT2D eigenvalue weighted by Gasteiger charge is 2.13. The summed E-state index contributed by atoms with van der Waals surface area (Å²) in [5.74, 6) is -0.565. The van der Waals surface area contributed by atoms with E-state index >= 15 is 0 Å². The molecule has 1 rings (SSSR count). The molecule has 0 aliphatic carbocycles. The maximum absolute atomic E-state index is 11.4. The van der Waals surface area contributed by atoms with E-state index in [-0.39, 0.29) is 0 Å². The third-order valence-corrected chi connectivity index (χ3v) is 1.56. The molecule has 0 saturated heterocycles. The molecule has 80 valence electrons. The molecule has 5 heteroatoms.